The molecule has 2 unspecified atom stereocenters. The Kier molecular flexibility index (Phi) is 7.58. The topological polar surface area (TPSA) is 196 Å². The van der Waals surface area contributed by atoms with Gasteiger partial charge in [-0.25, -0.2) is 0 Å². The number of carbonyl (C=O) groups excluding carboxylic acids is 2. The van der Waals surface area contributed by atoms with Crippen LogP contribution in [0, 0.1) is 10.1 Å². The quantitative estimate of drug-likeness (QED) is 0.208. The van der Waals surface area contributed by atoms with E-state index in [9.17, 15) is 29.9 Å². The summed E-state index contributed by atoms with van der Waals surface area (Å²) in [6, 6.07) is 0.907. The third-order valence-corrected chi connectivity index (χ3v) is 3.73. The second-order valence-electron chi connectivity index (χ2n) is 5.56. The number of nitro benzene ring substituents is 1. The summed E-state index contributed by atoms with van der Waals surface area (Å²) in [5.74, 6) is -1.87. The third kappa shape index (κ3) is 4.73. The fourth-order valence-corrected chi connectivity index (χ4v) is 2.57. The number of aliphatic hydroxyl groups is 4. The minimum Gasteiger partial charge on any atom is -0.394 e. The van der Waals surface area contributed by atoms with Crippen molar-refractivity contribution in [3.8, 4) is 0 Å². The number of amides is 2. The van der Waals surface area contributed by atoms with Gasteiger partial charge in [-0.3, -0.25) is 19.7 Å². The summed E-state index contributed by atoms with van der Waals surface area (Å²) in [5.41, 5.74) is 3.69. The summed E-state index contributed by atoms with van der Waals surface area (Å²) in [5, 5.41) is 51.2. The van der Waals surface area contributed by atoms with Crippen molar-refractivity contribution in [2.75, 3.05) is 20.3 Å². The lowest BCUT2D eigenvalue weighted by Crippen LogP contribution is -2.29. The molecule has 11 heteroatoms. The Labute approximate surface area is 148 Å². The van der Waals surface area contributed by atoms with Crippen LogP contribution < -0.4 is 11.1 Å². The van der Waals surface area contributed by atoms with E-state index in [0.29, 0.717) is 0 Å². The highest BCUT2D eigenvalue weighted by Gasteiger charge is 2.31. The van der Waals surface area contributed by atoms with Crippen molar-refractivity contribution < 1.29 is 34.9 Å². The van der Waals surface area contributed by atoms with Gasteiger partial charge in [0.1, 0.15) is 0 Å². The normalized spacial score (nSPS) is 13.1. The molecule has 0 bridgehead atoms. The first-order chi connectivity index (χ1) is 12.2. The highest BCUT2D eigenvalue weighted by molar-refractivity contribution is 6.04. The first-order valence-electron chi connectivity index (χ1n) is 7.60. The Hall–Kier alpha value is -2.60. The van der Waals surface area contributed by atoms with E-state index in [4.69, 9.17) is 15.9 Å². The van der Waals surface area contributed by atoms with Gasteiger partial charge >= 0.3 is 0 Å². The number of hydrogen-bond donors (Lipinski definition) is 6. The molecule has 11 nitrogen and oxygen atoms in total. The van der Waals surface area contributed by atoms with E-state index < -0.39 is 59.8 Å². The Morgan fingerprint density at radius 1 is 1.19 bits per heavy atom. The van der Waals surface area contributed by atoms with Gasteiger partial charge in [-0.05, 0) is 5.56 Å². The molecule has 7 N–H and O–H groups in total. The van der Waals surface area contributed by atoms with Crippen molar-refractivity contribution in [2.24, 2.45) is 5.73 Å². The molecular formula is C15H21N3O8. The maximum atomic E-state index is 12.1. The van der Waals surface area contributed by atoms with Gasteiger partial charge in [-0.15, -0.1) is 0 Å². The summed E-state index contributed by atoms with van der Waals surface area (Å²) in [7, 11) is 1.27. The summed E-state index contributed by atoms with van der Waals surface area (Å²) in [6.45, 7) is -1.40. The van der Waals surface area contributed by atoms with E-state index in [1.165, 1.54) is 7.05 Å². The third-order valence-electron chi connectivity index (χ3n) is 3.73. The lowest BCUT2D eigenvalue weighted by Gasteiger charge is -2.19. The Bertz CT molecular complexity index is 707. The van der Waals surface area contributed by atoms with Crippen LogP contribution in [0.3, 0.4) is 0 Å². The maximum Gasteiger partial charge on any atom is 0.274 e. The number of nitrogens with two attached hydrogens (primary N) is 1. The van der Waals surface area contributed by atoms with E-state index in [0.717, 1.165) is 6.07 Å². The Morgan fingerprint density at radius 3 is 2.08 bits per heavy atom. The van der Waals surface area contributed by atoms with E-state index in [1.807, 2.05) is 0 Å². The summed E-state index contributed by atoms with van der Waals surface area (Å²) in [6.07, 6.45) is -3.61. The number of rotatable bonds is 9. The highest BCUT2D eigenvalue weighted by atomic mass is 16.6. The second kappa shape index (κ2) is 9.20. The number of nitro groups is 1. The highest BCUT2D eigenvalue weighted by Crippen LogP contribution is 2.31. The zero-order valence-corrected chi connectivity index (χ0v) is 14.0. The lowest BCUT2D eigenvalue weighted by atomic mass is 9.87. The molecule has 0 heterocycles. The Balaban J connectivity index is 3.86. The zero-order valence-electron chi connectivity index (χ0n) is 14.0. The molecule has 0 spiro atoms. The number of aliphatic hydroxyl groups excluding tert-OH is 4. The minimum absolute atomic E-state index is 0.0934. The van der Waals surface area contributed by atoms with Crippen molar-refractivity contribution in [3.63, 3.8) is 0 Å². The van der Waals surface area contributed by atoms with E-state index in [1.54, 1.807) is 0 Å². The molecule has 0 aliphatic rings. The lowest BCUT2D eigenvalue weighted by molar-refractivity contribution is -0.385. The largest absolute Gasteiger partial charge is 0.394 e. The van der Waals surface area contributed by atoms with E-state index >= 15 is 0 Å². The van der Waals surface area contributed by atoms with Crippen LogP contribution >= 0.6 is 0 Å². The van der Waals surface area contributed by atoms with E-state index in [2.05, 4.69) is 5.32 Å². The molecular weight excluding hydrogens is 350 g/mol. The monoisotopic (exact) mass is 371 g/mol. The molecule has 0 radical (unpaired) electrons. The standard InChI is InChI=1S/C15H21N3O8/c1-17-15(24)10-4-12(18(25)26)11(3-8(22)6-20)13(14(16)23)9(10)2-7(21)5-19/h4,7-8,19-22H,2-3,5-6H2,1H3,(H2,16,23)(H,17,24). The second-order valence-corrected chi connectivity index (χ2v) is 5.56. The van der Waals surface area contributed by atoms with Crippen LogP contribution in [0.25, 0.3) is 0 Å². The van der Waals surface area contributed by atoms with Crippen LogP contribution in [0.2, 0.25) is 0 Å². The van der Waals surface area contributed by atoms with Crippen LogP contribution in [0.4, 0.5) is 5.69 Å². The number of carbonyl (C=O) groups is 2. The van der Waals surface area contributed by atoms with Crippen LogP contribution in [0.1, 0.15) is 31.8 Å². The average molecular weight is 371 g/mol. The van der Waals surface area contributed by atoms with Gasteiger partial charge in [0, 0.05) is 31.5 Å². The molecule has 2 amide bonds. The first kappa shape index (κ1) is 21.4. The fourth-order valence-electron chi connectivity index (χ4n) is 2.57. The molecule has 2 atom stereocenters. The van der Waals surface area contributed by atoms with Gasteiger partial charge in [-0.2, -0.15) is 0 Å². The molecule has 1 aromatic carbocycles. The van der Waals surface area contributed by atoms with Crippen molar-refractivity contribution in [1.82, 2.24) is 5.32 Å². The SMILES string of the molecule is CNC(=O)c1cc([N+](=O)[O-])c(CC(O)CO)c(C(N)=O)c1CC(O)CO. The summed E-state index contributed by atoms with van der Waals surface area (Å²) >= 11 is 0. The molecule has 0 aliphatic heterocycles. The van der Waals surface area contributed by atoms with Crippen LogP contribution in [-0.4, -0.2) is 69.6 Å². The first-order valence-corrected chi connectivity index (χ1v) is 7.60. The van der Waals surface area contributed by atoms with Crippen molar-refractivity contribution in [1.29, 1.82) is 0 Å². The van der Waals surface area contributed by atoms with Crippen molar-refractivity contribution in [3.05, 3.63) is 38.4 Å². The smallest absolute Gasteiger partial charge is 0.274 e. The van der Waals surface area contributed by atoms with Crippen LogP contribution in [-0.2, 0) is 12.8 Å². The summed E-state index contributed by atoms with van der Waals surface area (Å²) in [4.78, 5) is 34.7. The van der Waals surface area contributed by atoms with Gasteiger partial charge in [0.15, 0.2) is 0 Å². The number of nitrogens with one attached hydrogen (secondary N) is 1. The Morgan fingerprint density at radius 2 is 1.69 bits per heavy atom. The van der Waals surface area contributed by atoms with Crippen molar-refractivity contribution >= 4 is 17.5 Å². The number of nitrogens with zero attached hydrogens (tertiary/aromatic N) is 1. The predicted molar refractivity (Wildman–Crippen MR) is 88.6 cm³/mol. The number of hydrogen-bond acceptors (Lipinski definition) is 8. The number of primary amides is 1. The van der Waals surface area contributed by atoms with Gasteiger partial charge in [-0.1, -0.05) is 0 Å². The molecule has 0 saturated heterocycles. The molecule has 144 valence electrons. The molecule has 0 saturated carbocycles. The zero-order chi connectivity index (χ0) is 20.0. The molecule has 1 rings (SSSR count). The van der Waals surface area contributed by atoms with Gasteiger partial charge in [0.05, 0.1) is 41.5 Å². The van der Waals surface area contributed by atoms with Crippen LogP contribution in [0.5, 0.6) is 0 Å². The van der Waals surface area contributed by atoms with Crippen LogP contribution in [0.15, 0.2) is 6.07 Å². The van der Waals surface area contributed by atoms with Crippen molar-refractivity contribution in [2.45, 2.75) is 25.0 Å². The molecule has 0 aromatic heterocycles. The average Bonchev–Trinajstić information content (AvgIpc) is 2.60. The molecule has 0 fully saturated rings. The van der Waals surface area contributed by atoms with Gasteiger partial charge < -0.3 is 31.5 Å². The summed E-state index contributed by atoms with van der Waals surface area (Å²) < 4.78 is 0. The fraction of sp³-hybridized carbons (Fsp3) is 0.467. The molecule has 0 aliphatic carbocycles. The minimum atomic E-state index is -1.41. The molecule has 1 aromatic rings. The van der Waals surface area contributed by atoms with Gasteiger partial charge in [0.2, 0.25) is 5.91 Å². The van der Waals surface area contributed by atoms with Gasteiger partial charge in [0.25, 0.3) is 11.6 Å². The maximum absolute atomic E-state index is 12.1. The predicted octanol–water partition coefficient (Wildman–Crippen LogP) is -2.16. The molecule has 26 heavy (non-hydrogen) atoms. The van der Waals surface area contributed by atoms with E-state index in [-0.39, 0.29) is 23.1 Å². The number of benzene rings is 1.